The quantitative estimate of drug-likeness (QED) is 0.473. The fourth-order valence-electron chi connectivity index (χ4n) is 3.21. The first kappa shape index (κ1) is 20.8. The number of primary amides is 1. The number of terminal acetylenes is 1. The molecule has 3 N–H and O–H groups in total. The summed E-state index contributed by atoms with van der Waals surface area (Å²) < 4.78 is 3.32. The van der Waals surface area contributed by atoms with E-state index in [2.05, 4.69) is 26.2 Å². The lowest BCUT2D eigenvalue weighted by atomic mass is 10.1. The molecule has 0 radical (unpaired) electrons. The van der Waals surface area contributed by atoms with Crippen LogP contribution in [0.15, 0.2) is 48.9 Å². The molecule has 0 unspecified atom stereocenters. The Morgan fingerprint density at radius 3 is 2.62 bits per heavy atom. The van der Waals surface area contributed by atoms with Crippen molar-refractivity contribution >= 4 is 17.5 Å². The average Bonchev–Trinajstić information content (AvgIpc) is 3.38. The Hall–Kier alpha value is -4.45. The number of nitrogens with zero attached hydrogens (tertiary/aromatic N) is 5. The van der Waals surface area contributed by atoms with Gasteiger partial charge in [0.1, 0.15) is 22.7 Å². The van der Waals surface area contributed by atoms with Gasteiger partial charge in [-0.3, -0.25) is 18.6 Å². The molecule has 9 nitrogen and oxygen atoms in total. The van der Waals surface area contributed by atoms with Crippen molar-refractivity contribution in [2.75, 3.05) is 0 Å². The lowest BCUT2D eigenvalue weighted by Crippen LogP contribution is -2.42. The topological polar surface area (TPSA) is 120 Å². The van der Waals surface area contributed by atoms with Crippen molar-refractivity contribution in [3.05, 3.63) is 66.0 Å². The molecular formula is C23H21N7O2. The van der Waals surface area contributed by atoms with Gasteiger partial charge in [0.2, 0.25) is 0 Å². The van der Waals surface area contributed by atoms with Gasteiger partial charge in [0.05, 0.1) is 17.4 Å². The summed E-state index contributed by atoms with van der Waals surface area (Å²) in [6, 6.07) is 9.10. The molecule has 0 aliphatic carbocycles. The normalized spacial score (nSPS) is 11.3. The molecule has 32 heavy (non-hydrogen) atoms. The van der Waals surface area contributed by atoms with E-state index in [0.717, 1.165) is 5.69 Å². The van der Waals surface area contributed by atoms with E-state index in [-0.39, 0.29) is 11.4 Å². The van der Waals surface area contributed by atoms with Gasteiger partial charge < -0.3 is 11.1 Å². The third-order valence-corrected chi connectivity index (χ3v) is 4.86. The zero-order valence-corrected chi connectivity index (χ0v) is 17.8. The van der Waals surface area contributed by atoms with E-state index in [1.165, 1.54) is 6.20 Å². The van der Waals surface area contributed by atoms with Gasteiger partial charge >= 0.3 is 0 Å². The molecule has 160 valence electrons. The Balaban J connectivity index is 1.89. The average molecular weight is 427 g/mol. The minimum atomic E-state index is -0.839. The summed E-state index contributed by atoms with van der Waals surface area (Å²) in [5, 5.41) is 2.78. The van der Waals surface area contributed by atoms with E-state index < -0.39 is 17.4 Å². The molecule has 9 heteroatoms. The molecule has 0 saturated carbocycles. The van der Waals surface area contributed by atoms with Crippen LogP contribution in [0.3, 0.4) is 0 Å². The van der Waals surface area contributed by atoms with E-state index in [1.807, 2.05) is 25.1 Å². The molecule has 0 aliphatic rings. The molecule has 0 spiro atoms. The molecule has 4 rings (SSSR count). The van der Waals surface area contributed by atoms with Crippen LogP contribution in [0, 0.1) is 19.3 Å². The Morgan fingerprint density at radius 1 is 1.16 bits per heavy atom. The van der Waals surface area contributed by atoms with Crippen molar-refractivity contribution in [1.29, 1.82) is 0 Å². The second-order valence-electron chi connectivity index (χ2n) is 7.83. The number of carbonyl (C=O) groups excluding carboxylic acids is 2. The lowest BCUT2D eigenvalue weighted by Gasteiger charge is -2.18. The maximum atomic E-state index is 12.8. The summed E-state index contributed by atoms with van der Waals surface area (Å²) in [6.07, 6.45) is 10.2. The van der Waals surface area contributed by atoms with Crippen LogP contribution in [0.5, 0.6) is 0 Å². The van der Waals surface area contributed by atoms with Crippen molar-refractivity contribution in [2.24, 2.45) is 5.73 Å². The maximum Gasteiger partial charge on any atom is 0.272 e. The molecule has 0 aliphatic heterocycles. The van der Waals surface area contributed by atoms with Crippen LogP contribution in [0.2, 0.25) is 0 Å². The predicted octanol–water partition coefficient (Wildman–Crippen LogP) is 2.13. The molecular weight excluding hydrogens is 406 g/mol. The van der Waals surface area contributed by atoms with Gasteiger partial charge in [-0.2, -0.15) is 0 Å². The van der Waals surface area contributed by atoms with Gasteiger partial charge in [0.25, 0.3) is 11.8 Å². The monoisotopic (exact) mass is 427 g/mol. The number of rotatable bonds is 5. The highest BCUT2D eigenvalue weighted by Gasteiger charge is 2.23. The number of nitrogens with one attached hydrogen (secondary N) is 1. The Kier molecular flexibility index (Phi) is 4.98. The van der Waals surface area contributed by atoms with Crippen LogP contribution in [-0.4, -0.2) is 41.3 Å². The van der Waals surface area contributed by atoms with E-state index in [0.29, 0.717) is 22.9 Å². The summed E-state index contributed by atoms with van der Waals surface area (Å²) in [4.78, 5) is 37.9. The third-order valence-electron chi connectivity index (χ3n) is 4.86. The van der Waals surface area contributed by atoms with Crippen LogP contribution in [0.1, 0.15) is 40.5 Å². The van der Waals surface area contributed by atoms with Gasteiger partial charge in [0.15, 0.2) is 5.82 Å². The zero-order chi connectivity index (χ0) is 23.0. The first-order chi connectivity index (χ1) is 15.2. The van der Waals surface area contributed by atoms with E-state index in [9.17, 15) is 9.59 Å². The number of hydrogen-bond acceptors (Lipinski definition) is 5. The number of imidazole rings is 2. The largest absolute Gasteiger partial charge is 0.364 e. The molecule has 0 saturated heterocycles. The minimum Gasteiger partial charge on any atom is -0.364 e. The summed E-state index contributed by atoms with van der Waals surface area (Å²) in [7, 11) is 0. The molecule has 0 fully saturated rings. The highest BCUT2D eigenvalue weighted by atomic mass is 16.2. The van der Waals surface area contributed by atoms with E-state index >= 15 is 0 Å². The first-order valence-corrected chi connectivity index (χ1v) is 9.79. The van der Waals surface area contributed by atoms with Crippen molar-refractivity contribution in [3.8, 4) is 29.5 Å². The molecule has 2 amide bonds. The van der Waals surface area contributed by atoms with Crippen LogP contribution in [0.4, 0.5) is 0 Å². The number of hydrogen-bond donors (Lipinski definition) is 2. The number of fused-ring (bicyclic) bond motifs is 1. The summed E-state index contributed by atoms with van der Waals surface area (Å²) in [6.45, 7) is 5.32. The lowest BCUT2D eigenvalue weighted by molar-refractivity contribution is 0.0924. The number of amides is 2. The van der Waals surface area contributed by atoms with Crippen LogP contribution in [0.25, 0.3) is 22.9 Å². The summed E-state index contributed by atoms with van der Waals surface area (Å²) in [5.41, 5.74) is 7.63. The summed E-state index contributed by atoms with van der Waals surface area (Å²) >= 11 is 0. The highest BCUT2D eigenvalue weighted by Crippen LogP contribution is 2.23. The van der Waals surface area contributed by atoms with Gasteiger partial charge in [-0.05, 0) is 45.0 Å². The number of pyridine rings is 2. The smallest absolute Gasteiger partial charge is 0.272 e. The zero-order valence-electron chi connectivity index (χ0n) is 17.8. The SMILES string of the molecule is C#CC(C)(C)NC(=O)c1cn(-c2ccc3ncc(C(N)=O)n3c2)c(-c2cccc(C)n2)n1. The number of carbonyl (C=O) groups is 2. The predicted molar refractivity (Wildman–Crippen MR) is 119 cm³/mol. The van der Waals surface area contributed by atoms with Gasteiger partial charge in [-0.1, -0.05) is 12.0 Å². The van der Waals surface area contributed by atoms with Gasteiger partial charge in [-0.25, -0.2) is 15.0 Å². The molecule has 4 heterocycles. The Bertz CT molecular complexity index is 1410. The van der Waals surface area contributed by atoms with E-state index in [1.54, 1.807) is 47.3 Å². The third kappa shape index (κ3) is 3.81. The van der Waals surface area contributed by atoms with Crippen LogP contribution >= 0.6 is 0 Å². The highest BCUT2D eigenvalue weighted by molar-refractivity contribution is 5.94. The number of nitrogens with two attached hydrogens (primary N) is 1. The number of aromatic nitrogens is 5. The molecule has 4 aromatic rings. The minimum absolute atomic E-state index is 0.174. The van der Waals surface area contributed by atoms with Crippen LogP contribution in [-0.2, 0) is 0 Å². The maximum absolute atomic E-state index is 12.8. The molecule has 0 aromatic carbocycles. The Morgan fingerprint density at radius 2 is 1.94 bits per heavy atom. The second-order valence-corrected chi connectivity index (χ2v) is 7.83. The van der Waals surface area contributed by atoms with Crippen molar-refractivity contribution in [3.63, 3.8) is 0 Å². The van der Waals surface area contributed by atoms with Crippen molar-refractivity contribution in [1.82, 2.24) is 29.2 Å². The molecule has 4 aromatic heterocycles. The standard InChI is InChI=1S/C23H21N7O2/c1-5-23(3,4)28-22(32)17-13-29(21(27-17)16-8-6-7-14(2)26-16)15-9-10-19-25-11-18(20(24)31)30(19)12-15/h1,6-13H,2-4H3,(H2,24,31)(H,28,32). The molecule has 0 atom stereocenters. The second kappa shape index (κ2) is 7.67. The van der Waals surface area contributed by atoms with Crippen molar-refractivity contribution in [2.45, 2.75) is 26.3 Å². The van der Waals surface area contributed by atoms with Gasteiger partial charge in [0, 0.05) is 18.1 Å². The fraction of sp³-hybridized carbons (Fsp3) is 0.174. The Labute approximate surface area is 184 Å². The van der Waals surface area contributed by atoms with Crippen LogP contribution < -0.4 is 11.1 Å². The van der Waals surface area contributed by atoms with Gasteiger partial charge in [-0.15, -0.1) is 6.42 Å². The summed E-state index contributed by atoms with van der Waals surface area (Å²) in [5.74, 6) is 1.98. The van der Waals surface area contributed by atoms with Crippen molar-refractivity contribution < 1.29 is 9.59 Å². The first-order valence-electron chi connectivity index (χ1n) is 9.79. The van der Waals surface area contributed by atoms with E-state index in [4.69, 9.17) is 12.2 Å². The fourth-order valence-corrected chi connectivity index (χ4v) is 3.21. The number of aryl methyl sites for hydroxylation is 1. The molecule has 0 bridgehead atoms.